The molecule has 0 aromatic rings. The van der Waals surface area contributed by atoms with Crippen LogP contribution in [0.4, 0.5) is 0 Å². The van der Waals surface area contributed by atoms with Gasteiger partial charge in [-0.2, -0.15) is 0 Å². The smallest absolute Gasteiger partial charge is 0.462 e. The van der Waals surface area contributed by atoms with Crippen LogP contribution < -0.4 is 0 Å². The third-order valence-electron chi connectivity index (χ3n) is 10.9. The van der Waals surface area contributed by atoms with Crippen LogP contribution in [-0.2, 0) is 41.8 Å². The third kappa shape index (κ3) is 32.4. The minimum Gasteiger partial charge on any atom is -0.462 e. The molecule has 1 rings (SSSR count). The Morgan fingerprint density at radius 3 is 1.40 bits per heavy atom. The van der Waals surface area contributed by atoms with Crippen molar-refractivity contribution in [3.63, 3.8) is 0 Å². The molecule has 0 spiro atoms. The van der Waals surface area contributed by atoms with Crippen LogP contribution in [0.2, 0.25) is 0 Å². The summed E-state index contributed by atoms with van der Waals surface area (Å²) in [4.78, 5) is 54.3. The molecular formula is C47H84O16P2. The maximum Gasteiger partial charge on any atom is 0.472 e. The Kier molecular flexibility index (Phi) is 35.5. The van der Waals surface area contributed by atoms with E-state index in [-0.39, 0.29) is 12.8 Å². The number of hydrogen-bond donors (Lipinski definition) is 7. The molecule has 7 N–H and O–H groups in total. The van der Waals surface area contributed by atoms with E-state index >= 15 is 0 Å². The van der Waals surface area contributed by atoms with E-state index in [1.54, 1.807) is 0 Å². The predicted molar refractivity (Wildman–Crippen MR) is 250 cm³/mol. The van der Waals surface area contributed by atoms with E-state index in [0.29, 0.717) is 12.8 Å². The highest BCUT2D eigenvalue weighted by Crippen LogP contribution is 2.49. The molecule has 0 saturated heterocycles. The molecule has 0 radical (unpaired) electrons. The zero-order valence-corrected chi connectivity index (χ0v) is 40.9. The fraction of sp³-hybridized carbons (Fsp3) is 0.787. The first-order valence-electron chi connectivity index (χ1n) is 24.2. The summed E-state index contributed by atoms with van der Waals surface area (Å²) in [6.07, 6.45) is 27.8. The Morgan fingerprint density at radius 1 is 0.492 bits per heavy atom. The molecular weight excluding hydrogens is 882 g/mol. The highest BCUT2D eigenvalue weighted by molar-refractivity contribution is 7.47. The Balaban J connectivity index is 2.61. The summed E-state index contributed by atoms with van der Waals surface area (Å²) in [7, 11) is -10.7. The van der Waals surface area contributed by atoms with E-state index in [1.807, 2.05) is 0 Å². The SMILES string of the molecule is CCCCCC=CCC=CCC=CCCCCCCC(=O)OCC(COP(=O)(O)OC1C(O)C(O)C(O)C(OP(=O)(O)O)C1O)OC(=O)CCCCCCCC=CCCCCCCCC. The summed E-state index contributed by atoms with van der Waals surface area (Å²) in [6, 6.07) is 0. The number of unbranched alkanes of at least 4 members (excludes halogenated alkanes) is 18. The van der Waals surface area contributed by atoms with Gasteiger partial charge in [0.2, 0.25) is 0 Å². The lowest BCUT2D eigenvalue weighted by molar-refractivity contribution is -0.216. The standard InChI is InChI=1S/C47H84O16P2/c1-3-5-7-9-11-13-15-17-19-20-22-23-25-27-29-31-33-35-40(48)59-37-39(61-41(49)36-34-32-30-28-26-24-21-18-16-14-12-10-8-6-4-2)38-60-65(57,58)63-47-44(52)42(50)43(51)46(45(47)53)62-64(54,55)56/h11,13,17-19,21-23,39,42-47,50-53H,3-10,12,14-16,20,24-38H2,1-2H3,(H,57,58)(H2,54,55,56). The summed E-state index contributed by atoms with van der Waals surface area (Å²) in [5.74, 6) is -1.24. The van der Waals surface area contributed by atoms with E-state index in [4.69, 9.17) is 18.5 Å². The number of carbonyl (C=O) groups is 2. The summed E-state index contributed by atoms with van der Waals surface area (Å²) in [6.45, 7) is 3.05. The average molecular weight is 967 g/mol. The van der Waals surface area contributed by atoms with Crippen molar-refractivity contribution < 1.29 is 76.9 Å². The van der Waals surface area contributed by atoms with Crippen molar-refractivity contribution in [1.82, 2.24) is 0 Å². The van der Waals surface area contributed by atoms with Gasteiger partial charge in [-0.25, -0.2) is 9.13 Å². The van der Waals surface area contributed by atoms with Gasteiger partial charge < -0.3 is 44.6 Å². The van der Waals surface area contributed by atoms with Gasteiger partial charge in [0.25, 0.3) is 0 Å². The lowest BCUT2D eigenvalue weighted by Gasteiger charge is -2.43. The second-order valence-corrected chi connectivity index (χ2v) is 19.4. The van der Waals surface area contributed by atoms with E-state index in [9.17, 15) is 53.8 Å². The van der Waals surface area contributed by atoms with Crippen LogP contribution in [0.3, 0.4) is 0 Å². The second kappa shape index (κ2) is 37.9. The molecule has 16 nitrogen and oxygen atoms in total. The monoisotopic (exact) mass is 967 g/mol. The summed E-state index contributed by atoms with van der Waals surface area (Å²) in [5, 5.41) is 41.2. The summed E-state index contributed by atoms with van der Waals surface area (Å²) < 4.78 is 49.4. The molecule has 0 aliphatic heterocycles. The molecule has 378 valence electrons. The van der Waals surface area contributed by atoms with Crippen molar-refractivity contribution in [2.24, 2.45) is 0 Å². The number of rotatable bonds is 40. The van der Waals surface area contributed by atoms with Crippen molar-refractivity contribution in [2.45, 2.75) is 224 Å². The lowest BCUT2D eigenvalue weighted by Crippen LogP contribution is -2.64. The molecule has 0 bridgehead atoms. The normalized spacial score (nSPS) is 22.0. The molecule has 0 amide bonds. The molecule has 1 aliphatic rings. The van der Waals surface area contributed by atoms with Crippen molar-refractivity contribution in [3.8, 4) is 0 Å². The van der Waals surface area contributed by atoms with Crippen molar-refractivity contribution in [1.29, 1.82) is 0 Å². The highest BCUT2D eigenvalue weighted by Gasteiger charge is 2.54. The first kappa shape index (κ1) is 61.0. The number of phosphoric acid groups is 2. The Bertz CT molecular complexity index is 1450. The van der Waals surface area contributed by atoms with Crippen LogP contribution in [0.1, 0.15) is 181 Å². The van der Waals surface area contributed by atoms with Gasteiger partial charge in [0.05, 0.1) is 6.61 Å². The fourth-order valence-electron chi connectivity index (χ4n) is 7.09. The molecule has 65 heavy (non-hydrogen) atoms. The number of ether oxygens (including phenoxy) is 2. The van der Waals surface area contributed by atoms with Crippen LogP contribution in [0.5, 0.6) is 0 Å². The second-order valence-electron chi connectivity index (χ2n) is 16.8. The van der Waals surface area contributed by atoms with E-state index in [0.717, 1.165) is 83.5 Å². The van der Waals surface area contributed by atoms with Gasteiger partial charge in [-0.15, -0.1) is 0 Å². The van der Waals surface area contributed by atoms with E-state index in [1.165, 1.54) is 57.8 Å². The first-order chi connectivity index (χ1) is 31.1. The molecule has 1 saturated carbocycles. The van der Waals surface area contributed by atoms with Gasteiger partial charge in [0, 0.05) is 12.8 Å². The molecule has 18 heteroatoms. The van der Waals surface area contributed by atoms with Gasteiger partial charge in [0.1, 0.15) is 43.2 Å². The number of carbonyl (C=O) groups excluding carboxylic acids is 2. The average Bonchev–Trinajstić information content (AvgIpc) is 3.26. The van der Waals surface area contributed by atoms with E-state index < -0.39 is 83.5 Å². The van der Waals surface area contributed by atoms with Crippen molar-refractivity contribution >= 4 is 27.6 Å². The van der Waals surface area contributed by atoms with Gasteiger partial charge in [-0.3, -0.25) is 23.2 Å². The third-order valence-corrected chi connectivity index (χ3v) is 12.4. The lowest BCUT2D eigenvalue weighted by atomic mass is 9.85. The predicted octanol–water partition coefficient (Wildman–Crippen LogP) is 9.29. The van der Waals surface area contributed by atoms with Crippen LogP contribution in [0.15, 0.2) is 48.6 Å². The number of allylic oxidation sites excluding steroid dienone is 8. The van der Waals surface area contributed by atoms with Crippen molar-refractivity contribution in [3.05, 3.63) is 48.6 Å². The molecule has 0 heterocycles. The number of phosphoric ester groups is 2. The highest BCUT2D eigenvalue weighted by atomic mass is 31.2. The van der Waals surface area contributed by atoms with Gasteiger partial charge in [-0.05, 0) is 77.0 Å². The minimum absolute atomic E-state index is 0.0280. The van der Waals surface area contributed by atoms with Crippen LogP contribution in [0.25, 0.3) is 0 Å². The largest absolute Gasteiger partial charge is 0.472 e. The number of aliphatic hydroxyl groups is 4. The molecule has 1 aliphatic carbocycles. The van der Waals surface area contributed by atoms with Gasteiger partial charge >= 0.3 is 27.6 Å². The zero-order chi connectivity index (χ0) is 48.2. The topological polar surface area (TPSA) is 256 Å². The van der Waals surface area contributed by atoms with E-state index in [2.05, 4.69) is 67.0 Å². The summed E-state index contributed by atoms with van der Waals surface area (Å²) >= 11 is 0. The number of hydrogen-bond acceptors (Lipinski definition) is 13. The maximum atomic E-state index is 13.0. The quantitative estimate of drug-likeness (QED) is 0.0131. The fourth-order valence-corrected chi connectivity index (χ4v) is 8.62. The van der Waals surface area contributed by atoms with Crippen molar-refractivity contribution in [2.75, 3.05) is 13.2 Å². The number of esters is 2. The molecule has 0 aromatic carbocycles. The Labute approximate surface area is 388 Å². The minimum atomic E-state index is -5.37. The molecule has 8 unspecified atom stereocenters. The first-order valence-corrected chi connectivity index (χ1v) is 27.2. The van der Waals surface area contributed by atoms with Crippen LogP contribution >= 0.6 is 15.6 Å². The molecule has 8 atom stereocenters. The Morgan fingerprint density at radius 2 is 0.892 bits per heavy atom. The Hall–Kier alpha value is -2.04. The molecule has 0 aromatic heterocycles. The van der Waals surface area contributed by atoms with Crippen LogP contribution in [0, 0.1) is 0 Å². The summed E-state index contributed by atoms with van der Waals surface area (Å²) in [5.41, 5.74) is 0. The van der Waals surface area contributed by atoms with Gasteiger partial charge in [0.15, 0.2) is 6.10 Å². The maximum absolute atomic E-state index is 13.0. The number of aliphatic hydroxyl groups excluding tert-OH is 4. The zero-order valence-electron chi connectivity index (χ0n) is 39.2. The van der Waals surface area contributed by atoms with Crippen LogP contribution in [-0.4, -0.2) is 103 Å². The van der Waals surface area contributed by atoms with Gasteiger partial charge in [-0.1, -0.05) is 140 Å². The molecule has 1 fully saturated rings.